The van der Waals surface area contributed by atoms with Gasteiger partial charge in [0.15, 0.2) is 0 Å². The first-order valence-electron chi connectivity index (χ1n) is 6.11. The third-order valence-electron chi connectivity index (χ3n) is 2.87. The second kappa shape index (κ2) is 6.19. The zero-order chi connectivity index (χ0) is 13.7. The number of nitrogens with one attached hydrogen (secondary N) is 2. The quantitative estimate of drug-likeness (QED) is 0.806. The summed E-state index contributed by atoms with van der Waals surface area (Å²) in [6, 6.07) is 7.22. The predicted octanol–water partition coefficient (Wildman–Crippen LogP) is 0.0655. The van der Waals surface area contributed by atoms with Crippen molar-refractivity contribution in [1.82, 2.24) is 10.2 Å². The molecule has 2 amide bonds. The van der Waals surface area contributed by atoms with Crippen molar-refractivity contribution >= 4 is 17.5 Å². The number of amides is 2. The normalized spacial score (nSPS) is 15.7. The molecule has 102 valence electrons. The molecule has 1 saturated heterocycles. The molecule has 2 rings (SSSR count). The van der Waals surface area contributed by atoms with Gasteiger partial charge in [0.05, 0.1) is 25.9 Å². The Morgan fingerprint density at radius 3 is 3.00 bits per heavy atom. The molecule has 0 unspecified atom stereocenters. The van der Waals surface area contributed by atoms with Crippen LogP contribution in [0.2, 0.25) is 0 Å². The molecule has 19 heavy (non-hydrogen) atoms. The fourth-order valence-corrected chi connectivity index (χ4v) is 1.97. The molecule has 2 N–H and O–H groups in total. The number of methoxy groups -OCH3 is 1. The number of carbonyl (C=O) groups is 2. The number of para-hydroxylation sites is 2. The third-order valence-corrected chi connectivity index (χ3v) is 2.87. The van der Waals surface area contributed by atoms with Gasteiger partial charge in [-0.05, 0) is 12.1 Å². The highest BCUT2D eigenvalue weighted by atomic mass is 16.5. The van der Waals surface area contributed by atoms with Crippen LogP contribution in [0.1, 0.15) is 0 Å². The molecule has 0 aromatic heterocycles. The maximum Gasteiger partial charge on any atom is 0.238 e. The Balaban J connectivity index is 1.92. The second-order valence-corrected chi connectivity index (χ2v) is 4.31. The standard InChI is InChI=1S/C13H17N3O3/c1-19-11-5-3-2-4-10(11)15-13(18)9-16-7-6-14-12(17)8-16/h2-5H,6-9H2,1H3,(H,14,17)(H,15,18). The van der Waals surface area contributed by atoms with Crippen molar-refractivity contribution in [3.05, 3.63) is 24.3 Å². The molecular formula is C13H17N3O3. The lowest BCUT2D eigenvalue weighted by molar-refractivity contribution is -0.125. The molecule has 0 atom stereocenters. The first-order valence-corrected chi connectivity index (χ1v) is 6.11. The zero-order valence-corrected chi connectivity index (χ0v) is 10.8. The van der Waals surface area contributed by atoms with E-state index >= 15 is 0 Å². The van der Waals surface area contributed by atoms with Crippen LogP contribution in [0.15, 0.2) is 24.3 Å². The Morgan fingerprint density at radius 2 is 2.26 bits per heavy atom. The maximum atomic E-state index is 11.9. The summed E-state index contributed by atoms with van der Waals surface area (Å²) in [5.74, 6) is 0.419. The number of benzene rings is 1. The van der Waals surface area contributed by atoms with E-state index in [2.05, 4.69) is 10.6 Å². The van der Waals surface area contributed by atoms with E-state index in [9.17, 15) is 9.59 Å². The molecule has 6 nitrogen and oxygen atoms in total. The number of ether oxygens (including phenoxy) is 1. The molecule has 1 fully saturated rings. The van der Waals surface area contributed by atoms with E-state index in [0.29, 0.717) is 24.5 Å². The minimum atomic E-state index is -0.154. The summed E-state index contributed by atoms with van der Waals surface area (Å²) in [6.45, 7) is 1.73. The molecule has 1 aliphatic rings. The Bertz CT molecular complexity index is 476. The lowest BCUT2D eigenvalue weighted by atomic mass is 10.3. The van der Waals surface area contributed by atoms with E-state index in [0.717, 1.165) is 0 Å². The van der Waals surface area contributed by atoms with Gasteiger partial charge in [0.2, 0.25) is 11.8 Å². The zero-order valence-electron chi connectivity index (χ0n) is 10.8. The van der Waals surface area contributed by atoms with E-state index in [-0.39, 0.29) is 24.9 Å². The molecule has 0 spiro atoms. The summed E-state index contributed by atoms with van der Waals surface area (Å²) < 4.78 is 5.16. The largest absolute Gasteiger partial charge is 0.495 e. The van der Waals surface area contributed by atoms with Gasteiger partial charge in [-0.2, -0.15) is 0 Å². The minimum Gasteiger partial charge on any atom is -0.495 e. The first kappa shape index (κ1) is 13.4. The van der Waals surface area contributed by atoms with E-state index in [1.807, 2.05) is 17.0 Å². The van der Waals surface area contributed by atoms with Gasteiger partial charge in [-0.1, -0.05) is 12.1 Å². The topological polar surface area (TPSA) is 70.7 Å². The van der Waals surface area contributed by atoms with Crippen LogP contribution in [0.4, 0.5) is 5.69 Å². The van der Waals surface area contributed by atoms with Crippen LogP contribution in [-0.4, -0.2) is 50.0 Å². The number of nitrogens with zero attached hydrogens (tertiary/aromatic N) is 1. The van der Waals surface area contributed by atoms with E-state index < -0.39 is 0 Å². The van der Waals surface area contributed by atoms with Gasteiger partial charge >= 0.3 is 0 Å². The molecule has 6 heteroatoms. The fourth-order valence-electron chi connectivity index (χ4n) is 1.97. The monoisotopic (exact) mass is 263 g/mol. The van der Waals surface area contributed by atoms with Crippen LogP contribution in [0.25, 0.3) is 0 Å². The number of hydrogen-bond donors (Lipinski definition) is 2. The van der Waals surface area contributed by atoms with Crippen LogP contribution in [-0.2, 0) is 9.59 Å². The fraction of sp³-hybridized carbons (Fsp3) is 0.385. The van der Waals surface area contributed by atoms with Gasteiger partial charge in [-0.3, -0.25) is 14.5 Å². The summed E-state index contributed by atoms with van der Waals surface area (Å²) >= 11 is 0. The highest BCUT2D eigenvalue weighted by Gasteiger charge is 2.18. The van der Waals surface area contributed by atoms with Crippen LogP contribution >= 0.6 is 0 Å². The first-order chi connectivity index (χ1) is 9.19. The van der Waals surface area contributed by atoms with Gasteiger partial charge in [-0.25, -0.2) is 0 Å². The molecule has 0 saturated carbocycles. The van der Waals surface area contributed by atoms with E-state index in [1.54, 1.807) is 19.2 Å². The predicted molar refractivity (Wildman–Crippen MR) is 71.1 cm³/mol. The molecule has 1 aromatic rings. The Hall–Kier alpha value is -2.08. The van der Waals surface area contributed by atoms with E-state index in [4.69, 9.17) is 4.74 Å². The number of carbonyl (C=O) groups excluding carboxylic acids is 2. The number of anilines is 1. The van der Waals surface area contributed by atoms with Crippen molar-refractivity contribution in [2.45, 2.75) is 0 Å². The van der Waals surface area contributed by atoms with Crippen molar-refractivity contribution in [3.63, 3.8) is 0 Å². The second-order valence-electron chi connectivity index (χ2n) is 4.31. The van der Waals surface area contributed by atoms with E-state index in [1.165, 1.54) is 0 Å². The van der Waals surface area contributed by atoms with Crippen molar-refractivity contribution in [3.8, 4) is 5.75 Å². The average Bonchev–Trinajstić information content (AvgIpc) is 2.39. The summed E-state index contributed by atoms with van der Waals surface area (Å²) in [7, 11) is 1.56. The summed E-state index contributed by atoms with van der Waals surface area (Å²) in [6.07, 6.45) is 0. The summed E-state index contributed by atoms with van der Waals surface area (Å²) in [5.41, 5.74) is 0.636. The molecule has 1 aromatic carbocycles. The highest BCUT2D eigenvalue weighted by Crippen LogP contribution is 2.22. The highest BCUT2D eigenvalue weighted by molar-refractivity contribution is 5.94. The Labute approximate surface area is 111 Å². The van der Waals surface area contributed by atoms with Crippen molar-refractivity contribution in [2.75, 3.05) is 38.6 Å². The average molecular weight is 263 g/mol. The number of piperazine rings is 1. The van der Waals surface area contributed by atoms with Gasteiger partial charge in [0.25, 0.3) is 0 Å². The van der Waals surface area contributed by atoms with Crippen molar-refractivity contribution < 1.29 is 14.3 Å². The molecule has 0 aliphatic carbocycles. The van der Waals surface area contributed by atoms with Crippen LogP contribution in [0.5, 0.6) is 5.75 Å². The van der Waals surface area contributed by atoms with Crippen molar-refractivity contribution in [2.24, 2.45) is 0 Å². The molecule has 0 bridgehead atoms. The Kier molecular flexibility index (Phi) is 4.35. The lowest BCUT2D eigenvalue weighted by Gasteiger charge is -2.25. The Morgan fingerprint density at radius 1 is 1.47 bits per heavy atom. The van der Waals surface area contributed by atoms with Crippen LogP contribution in [0.3, 0.4) is 0 Å². The molecule has 1 aliphatic heterocycles. The number of rotatable bonds is 4. The molecule has 0 radical (unpaired) electrons. The minimum absolute atomic E-state index is 0.0451. The third kappa shape index (κ3) is 3.69. The smallest absolute Gasteiger partial charge is 0.238 e. The number of hydrogen-bond acceptors (Lipinski definition) is 4. The summed E-state index contributed by atoms with van der Waals surface area (Å²) in [5, 5.41) is 5.51. The van der Waals surface area contributed by atoms with Gasteiger partial charge in [0, 0.05) is 13.1 Å². The lowest BCUT2D eigenvalue weighted by Crippen LogP contribution is -2.49. The molecule has 1 heterocycles. The van der Waals surface area contributed by atoms with Gasteiger partial charge in [-0.15, -0.1) is 0 Å². The van der Waals surface area contributed by atoms with Gasteiger partial charge < -0.3 is 15.4 Å². The molecular weight excluding hydrogens is 246 g/mol. The summed E-state index contributed by atoms with van der Waals surface area (Å²) in [4.78, 5) is 24.9. The maximum absolute atomic E-state index is 11.9. The SMILES string of the molecule is COc1ccccc1NC(=O)CN1CCNC(=O)C1. The van der Waals surface area contributed by atoms with Crippen molar-refractivity contribution in [1.29, 1.82) is 0 Å². The van der Waals surface area contributed by atoms with Crippen LogP contribution < -0.4 is 15.4 Å². The van der Waals surface area contributed by atoms with Crippen LogP contribution in [0, 0.1) is 0 Å². The van der Waals surface area contributed by atoms with Gasteiger partial charge in [0.1, 0.15) is 5.75 Å².